The second-order valence-corrected chi connectivity index (χ2v) is 5.87. The monoisotopic (exact) mass is 362 g/mol. The van der Waals surface area contributed by atoms with Crippen LogP contribution in [0.2, 0.25) is 0 Å². The Morgan fingerprint density at radius 1 is 1.28 bits per heavy atom. The quantitative estimate of drug-likeness (QED) is 0.407. The molecule has 0 saturated carbocycles. The van der Waals surface area contributed by atoms with Crippen molar-refractivity contribution >= 4 is 0 Å². The van der Waals surface area contributed by atoms with Gasteiger partial charge >= 0.3 is 6.18 Å². The van der Waals surface area contributed by atoms with E-state index in [1.165, 1.54) is 19.3 Å². The van der Waals surface area contributed by atoms with Gasteiger partial charge in [0.05, 0.1) is 19.3 Å². The third-order valence-corrected chi connectivity index (χ3v) is 3.69. The summed E-state index contributed by atoms with van der Waals surface area (Å²) < 4.78 is 48.8. The second kappa shape index (κ2) is 12.1. The summed E-state index contributed by atoms with van der Waals surface area (Å²) in [5, 5.41) is 10.1. The summed E-state index contributed by atoms with van der Waals surface area (Å²) in [5.74, 6) is -0.208. The van der Waals surface area contributed by atoms with Gasteiger partial charge in [-0.3, -0.25) is 0 Å². The lowest BCUT2D eigenvalue weighted by molar-refractivity contribution is -0.0945. The lowest BCUT2D eigenvalue weighted by Gasteiger charge is -2.22. The van der Waals surface area contributed by atoms with Crippen molar-refractivity contribution in [2.45, 2.75) is 45.1 Å². The molecule has 0 fully saturated rings. The van der Waals surface area contributed by atoms with Gasteiger partial charge in [0.2, 0.25) is 0 Å². The van der Waals surface area contributed by atoms with Gasteiger partial charge in [0, 0.05) is 18.6 Å². The van der Waals surface area contributed by atoms with E-state index in [-0.39, 0.29) is 32.0 Å². The second-order valence-electron chi connectivity index (χ2n) is 5.87. The first-order valence-corrected chi connectivity index (χ1v) is 8.12. The molecular weight excluding hydrogens is 333 g/mol. The normalized spacial score (nSPS) is 17.1. The number of ether oxygens (including phenoxy) is 2. The largest absolute Gasteiger partial charge is 0.412 e. The molecule has 1 N–H and O–H groups in total. The average molecular weight is 362 g/mol. The van der Waals surface area contributed by atoms with E-state index in [1.54, 1.807) is 6.92 Å². The molecule has 0 aromatic rings. The van der Waals surface area contributed by atoms with Gasteiger partial charge < -0.3 is 14.6 Å². The molecule has 144 valence electrons. The van der Waals surface area contributed by atoms with E-state index >= 15 is 0 Å². The van der Waals surface area contributed by atoms with Crippen molar-refractivity contribution in [3.8, 4) is 0 Å². The van der Waals surface area contributed by atoms with Gasteiger partial charge in [-0.05, 0) is 19.8 Å². The van der Waals surface area contributed by atoms with Crippen LogP contribution in [0.15, 0.2) is 48.6 Å². The van der Waals surface area contributed by atoms with Crippen LogP contribution in [-0.2, 0) is 9.47 Å². The standard InChI is InChI=1S/C19H29F3O3/c1-6-8-9-16(19(20,21)22)10-11-25-13-14(3)12-15(4)18(23)17(7-2)24-5/h6-7,10,12,15,17-18,23H,1-2,8-9,11,13H2,3-5H3. The highest BCUT2D eigenvalue weighted by molar-refractivity contribution is 5.10. The molecule has 0 aliphatic heterocycles. The lowest BCUT2D eigenvalue weighted by Crippen LogP contribution is -2.31. The van der Waals surface area contributed by atoms with Gasteiger partial charge in [0.25, 0.3) is 0 Å². The molecule has 6 heteroatoms. The Morgan fingerprint density at radius 2 is 1.92 bits per heavy atom. The Hall–Kier alpha value is -1.37. The molecule has 0 heterocycles. The summed E-state index contributed by atoms with van der Waals surface area (Å²) in [6, 6.07) is 0. The molecule has 25 heavy (non-hydrogen) atoms. The number of halogens is 3. The first kappa shape index (κ1) is 23.6. The minimum Gasteiger partial charge on any atom is -0.389 e. The van der Waals surface area contributed by atoms with E-state index in [0.717, 1.165) is 11.6 Å². The van der Waals surface area contributed by atoms with Gasteiger partial charge in [-0.1, -0.05) is 36.8 Å². The van der Waals surface area contributed by atoms with Gasteiger partial charge in [-0.2, -0.15) is 13.2 Å². The van der Waals surface area contributed by atoms with Gasteiger partial charge in [-0.25, -0.2) is 0 Å². The Kier molecular flexibility index (Phi) is 11.4. The summed E-state index contributed by atoms with van der Waals surface area (Å²) in [4.78, 5) is 0. The number of methoxy groups -OCH3 is 1. The molecule has 3 atom stereocenters. The van der Waals surface area contributed by atoms with Crippen molar-refractivity contribution in [3.05, 3.63) is 48.6 Å². The molecule has 0 rings (SSSR count). The molecule has 0 spiro atoms. The molecule has 0 saturated heterocycles. The molecule has 0 aliphatic rings. The molecule has 0 aromatic heterocycles. The summed E-state index contributed by atoms with van der Waals surface area (Å²) in [7, 11) is 1.49. The van der Waals surface area contributed by atoms with Crippen LogP contribution in [0.5, 0.6) is 0 Å². The highest BCUT2D eigenvalue weighted by Crippen LogP contribution is 2.29. The Labute approximate surface area is 148 Å². The zero-order chi connectivity index (χ0) is 19.5. The first-order valence-electron chi connectivity index (χ1n) is 8.12. The third kappa shape index (κ3) is 9.63. The number of hydrogen-bond donors (Lipinski definition) is 1. The van der Waals surface area contributed by atoms with Gasteiger partial charge in [0.1, 0.15) is 6.10 Å². The van der Waals surface area contributed by atoms with E-state index in [0.29, 0.717) is 0 Å². The molecule has 0 aromatic carbocycles. The van der Waals surface area contributed by atoms with Gasteiger partial charge in [-0.15, -0.1) is 13.2 Å². The van der Waals surface area contributed by atoms with Gasteiger partial charge in [0.15, 0.2) is 0 Å². The highest BCUT2D eigenvalue weighted by atomic mass is 19.4. The minimum atomic E-state index is -4.35. The Balaban J connectivity index is 4.57. The zero-order valence-corrected chi connectivity index (χ0v) is 15.2. The van der Waals surface area contributed by atoms with Crippen molar-refractivity contribution < 1.29 is 27.8 Å². The molecule has 0 amide bonds. The van der Waals surface area contributed by atoms with E-state index in [2.05, 4.69) is 13.2 Å². The highest BCUT2D eigenvalue weighted by Gasteiger charge is 2.32. The maximum Gasteiger partial charge on any atom is 0.412 e. The summed E-state index contributed by atoms with van der Waals surface area (Å²) in [6.45, 7) is 10.7. The number of hydrogen-bond acceptors (Lipinski definition) is 3. The van der Waals surface area contributed by atoms with Crippen molar-refractivity contribution in [1.82, 2.24) is 0 Å². The fraction of sp³-hybridized carbons (Fsp3) is 0.579. The molecule has 3 unspecified atom stereocenters. The molecular formula is C19H29F3O3. The van der Waals surface area contributed by atoms with E-state index in [4.69, 9.17) is 9.47 Å². The van der Waals surface area contributed by atoms with E-state index in [1.807, 2.05) is 13.0 Å². The van der Waals surface area contributed by atoms with Crippen LogP contribution in [-0.4, -0.2) is 43.8 Å². The number of alkyl halides is 3. The fourth-order valence-electron chi connectivity index (χ4n) is 2.27. The summed E-state index contributed by atoms with van der Waals surface area (Å²) in [5.41, 5.74) is 0.213. The summed E-state index contributed by atoms with van der Waals surface area (Å²) >= 11 is 0. The molecule has 0 radical (unpaired) electrons. The van der Waals surface area contributed by atoms with Crippen LogP contribution >= 0.6 is 0 Å². The van der Waals surface area contributed by atoms with Crippen LogP contribution < -0.4 is 0 Å². The zero-order valence-electron chi connectivity index (χ0n) is 15.2. The van der Waals surface area contributed by atoms with Crippen LogP contribution in [0.4, 0.5) is 13.2 Å². The molecule has 0 bridgehead atoms. The Morgan fingerprint density at radius 3 is 2.40 bits per heavy atom. The summed E-state index contributed by atoms with van der Waals surface area (Å²) in [6.07, 6.45) is 0.424. The van der Waals surface area contributed by atoms with Crippen molar-refractivity contribution in [3.63, 3.8) is 0 Å². The lowest BCUT2D eigenvalue weighted by atomic mass is 9.97. The topological polar surface area (TPSA) is 38.7 Å². The van der Waals surface area contributed by atoms with Crippen LogP contribution in [0.3, 0.4) is 0 Å². The fourth-order valence-corrected chi connectivity index (χ4v) is 2.27. The van der Waals surface area contributed by atoms with Crippen LogP contribution in [0, 0.1) is 5.92 Å². The molecule has 3 nitrogen and oxygen atoms in total. The number of aliphatic hydroxyl groups excluding tert-OH is 1. The Bertz CT molecular complexity index is 467. The smallest absolute Gasteiger partial charge is 0.389 e. The maximum atomic E-state index is 12.8. The average Bonchev–Trinajstić information content (AvgIpc) is 2.53. The van der Waals surface area contributed by atoms with Crippen LogP contribution in [0.25, 0.3) is 0 Å². The van der Waals surface area contributed by atoms with E-state index < -0.39 is 24.0 Å². The maximum absolute atomic E-state index is 12.8. The first-order chi connectivity index (χ1) is 11.7. The van der Waals surface area contributed by atoms with Crippen molar-refractivity contribution in [1.29, 1.82) is 0 Å². The van der Waals surface area contributed by atoms with E-state index in [9.17, 15) is 18.3 Å². The van der Waals surface area contributed by atoms with Crippen molar-refractivity contribution in [2.75, 3.05) is 20.3 Å². The predicted octanol–water partition coefficient (Wildman–Crippen LogP) is 4.60. The number of rotatable bonds is 12. The SMILES string of the molecule is C=CCCC(=CCOCC(C)=CC(C)C(O)C(C=C)OC)C(F)(F)F. The third-order valence-electron chi connectivity index (χ3n) is 3.69. The molecule has 0 aliphatic carbocycles. The van der Waals surface area contributed by atoms with Crippen molar-refractivity contribution in [2.24, 2.45) is 5.92 Å². The number of allylic oxidation sites excluding steroid dienone is 2. The minimum absolute atomic E-state index is 0.103. The number of aliphatic hydroxyl groups is 1. The van der Waals surface area contributed by atoms with Crippen LogP contribution in [0.1, 0.15) is 26.7 Å². The predicted molar refractivity (Wildman–Crippen MR) is 94.3 cm³/mol.